The molecular formula is C24H27N5O2. The van der Waals surface area contributed by atoms with E-state index in [9.17, 15) is 4.79 Å². The first-order valence-electron chi connectivity index (χ1n) is 10.8. The van der Waals surface area contributed by atoms with Crippen LogP contribution < -0.4 is 20.9 Å². The van der Waals surface area contributed by atoms with E-state index in [0.717, 1.165) is 49.3 Å². The van der Waals surface area contributed by atoms with Crippen molar-refractivity contribution < 1.29 is 9.53 Å². The summed E-state index contributed by atoms with van der Waals surface area (Å²) in [5.41, 5.74) is 8.82. The first-order chi connectivity index (χ1) is 15.1. The molecule has 31 heavy (non-hydrogen) atoms. The number of hydrogen-bond acceptors (Lipinski definition) is 6. The maximum Gasteiger partial charge on any atom is 0.219 e. The van der Waals surface area contributed by atoms with Crippen LogP contribution in [0.4, 0.5) is 0 Å². The lowest BCUT2D eigenvalue weighted by atomic mass is 10.0. The Kier molecular flexibility index (Phi) is 5.55. The van der Waals surface area contributed by atoms with Gasteiger partial charge in [0.05, 0.1) is 6.04 Å². The molecule has 0 radical (unpaired) electrons. The fourth-order valence-corrected chi connectivity index (χ4v) is 4.28. The number of aromatic nitrogens is 1. The maximum atomic E-state index is 11.1. The van der Waals surface area contributed by atoms with E-state index in [4.69, 9.17) is 4.74 Å². The van der Waals surface area contributed by atoms with Crippen LogP contribution in [0.25, 0.3) is 10.8 Å². The number of pyridine rings is 1. The van der Waals surface area contributed by atoms with Gasteiger partial charge in [-0.1, -0.05) is 24.3 Å². The molecule has 0 spiro atoms. The SMILES string of the molecule is CC(=O)NC1CN(Cc2ccc3cc(Oc4ccc(C5CCNN5)cn4)ccc3c2)C1. The van der Waals surface area contributed by atoms with Gasteiger partial charge >= 0.3 is 0 Å². The van der Waals surface area contributed by atoms with Gasteiger partial charge in [0.25, 0.3) is 0 Å². The Morgan fingerprint density at radius 1 is 1.16 bits per heavy atom. The summed E-state index contributed by atoms with van der Waals surface area (Å²) >= 11 is 0. The van der Waals surface area contributed by atoms with Crippen LogP contribution in [-0.4, -0.2) is 41.5 Å². The molecule has 2 aliphatic rings. The summed E-state index contributed by atoms with van der Waals surface area (Å²) in [5.74, 6) is 1.42. The molecule has 7 nitrogen and oxygen atoms in total. The van der Waals surface area contributed by atoms with Crippen molar-refractivity contribution >= 4 is 16.7 Å². The largest absolute Gasteiger partial charge is 0.439 e. The Bertz CT molecular complexity index is 1070. The number of rotatable bonds is 6. The van der Waals surface area contributed by atoms with Gasteiger partial charge in [0.1, 0.15) is 5.75 Å². The lowest BCUT2D eigenvalue weighted by Crippen LogP contribution is -2.58. The van der Waals surface area contributed by atoms with Gasteiger partial charge < -0.3 is 10.1 Å². The highest BCUT2D eigenvalue weighted by Crippen LogP contribution is 2.27. The van der Waals surface area contributed by atoms with Crippen LogP contribution in [-0.2, 0) is 11.3 Å². The van der Waals surface area contributed by atoms with Gasteiger partial charge in [-0.25, -0.2) is 4.98 Å². The van der Waals surface area contributed by atoms with Crippen molar-refractivity contribution in [1.29, 1.82) is 0 Å². The highest BCUT2D eigenvalue weighted by atomic mass is 16.5. The average Bonchev–Trinajstić information content (AvgIpc) is 3.27. The molecule has 2 aliphatic heterocycles. The van der Waals surface area contributed by atoms with Gasteiger partial charge in [-0.15, -0.1) is 0 Å². The van der Waals surface area contributed by atoms with E-state index in [1.54, 1.807) is 6.92 Å². The van der Waals surface area contributed by atoms with Gasteiger partial charge in [0.2, 0.25) is 11.8 Å². The van der Waals surface area contributed by atoms with Crippen molar-refractivity contribution in [3.8, 4) is 11.6 Å². The fourth-order valence-electron chi connectivity index (χ4n) is 4.28. The number of fused-ring (bicyclic) bond motifs is 1. The van der Waals surface area contributed by atoms with Crippen LogP contribution in [0.3, 0.4) is 0 Å². The zero-order chi connectivity index (χ0) is 21.2. The summed E-state index contributed by atoms with van der Waals surface area (Å²) in [6.45, 7) is 5.25. The van der Waals surface area contributed by atoms with E-state index < -0.39 is 0 Å². The van der Waals surface area contributed by atoms with E-state index in [0.29, 0.717) is 11.9 Å². The zero-order valence-corrected chi connectivity index (χ0v) is 17.6. The van der Waals surface area contributed by atoms with E-state index >= 15 is 0 Å². The molecule has 0 aliphatic carbocycles. The van der Waals surface area contributed by atoms with Gasteiger partial charge in [-0.05, 0) is 46.5 Å². The number of benzene rings is 2. The van der Waals surface area contributed by atoms with Crippen molar-refractivity contribution in [3.63, 3.8) is 0 Å². The average molecular weight is 418 g/mol. The lowest BCUT2D eigenvalue weighted by molar-refractivity contribution is -0.120. The maximum absolute atomic E-state index is 11.1. The third-order valence-electron chi connectivity index (χ3n) is 5.87. The number of amides is 1. The molecule has 1 unspecified atom stereocenters. The molecule has 2 fully saturated rings. The molecule has 0 bridgehead atoms. The third kappa shape index (κ3) is 4.69. The number of hydrazine groups is 1. The summed E-state index contributed by atoms with van der Waals surface area (Å²) in [6.07, 6.45) is 2.93. The first-order valence-corrected chi connectivity index (χ1v) is 10.8. The fraction of sp³-hybridized carbons (Fsp3) is 0.333. The molecule has 3 heterocycles. The summed E-state index contributed by atoms with van der Waals surface area (Å²) in [7, 11) is 0. The molecule has 0 saturated carbocycles. The second-order valence-electron chi connectivity index (χ2n) is 8.38. The molecule has 3 aromatic rings. The summed E-state index contributed by atoms with van der Waals surface area (Å²) in [5, 5.41) is 5.29. The first kappa shape index (κ1) is 19.9. The Balaban J connectivity index is 1.21. The van der Waals surface area contributed by atoms with Gasteiger partial charge in [0, 0.05) is 51.4 Å². The monoisotopic (exact) mass is 417 g/mol. The number of nitrogens with one attached hydrogen (secondary N) is 3. The number of likely N-dealkylation sites (tertiary alicyclic amines) is 1. The summed E-state index contributed by atoms with van der Waals surface area (Å²) in [4.78, 5) is 17.9. The molecule has 160 valence electrons. The molecule has 3 N–H and O–H groups in total. The van der Waals surface area contributed by atoms with E-state index in [2.05, 4.69) is 56.4 Å². The Hall–Kier alpha value is -3.00. The van der Waals surface area contributed by atoms with Crippen LogP contribution in [0.1, 0.15) is 30.5 Å². The minimum atomic E-state index is 0.0441. The topological polar surface area (TPSA) is 78.5 Å². The predicted octanol–water partition coefficient (Wildman–Crippen LogP) is 2.89. The molecular weight excluding hydrogens is 390 g/mol. The van der Waals surface area contributed by atoms with Crippen LogP contribution in [0.5, 0.6) is 11.6 Å². The normalized spacial score (nSPS) is 19.3. The number of nitrogens with zero attached hydrogens (tertiary/aromatic N) is 2. The predicted molar refractivity (Wildman–Crippen MR) is 120 cm³/mol. The highest BCUT2D eigenvalue weighted by Gasteiger charge is 2.26. The van der Waals surface area contributed by atoms with Crippen LogP contribution in [0, 0.1) is 0 Å². The number of carbonyl (C=O) groups is 1. The quantitative estimate of drug-likeness (QED) is 0.573. The summed E-state index contributed by atoms with van der Waals surface area (Å²) < 4.78 is 5.98. The van der Waals surface area contributed by atoms with Crippen LogP contribution >= 0.6 is 0 Å². The van der Waals surface area contributed by atoms with Crippen molar-refractivity contribution in [1.82, 2.24) is 26.1 Å². The zero-order valence-electron chi connectivity index (χ0n) is 17.6. The lowest BCUT2D eigenvalue weighted by Gasteiger charge is -2.39. The molecule has 1 amide bonds. The standard InChI is InChI=1S/C24H27N5O2/c1-16(30)27-21-14-29(15-21)13-17-2-3-19-11-22(6-4-18(19)10-17)31-24-7-5-20(12-25-24)23-8-9-26-28-23/h2-7,10-12,21,23,26,28H,8-9,13-15H2,1H3,(H,27,30). The smallest absolute Gasteiger partial charge is 0.219 e. The van der Waals surface area contributed by atoms with Gasteiger partial charge in [-0.3, -0.25) is 20.5 Å². The van der Waals surface area contributed by atoms with Crippen molar-refractivity contribution in [2.45, 2.75) is 32.0 Å². The third-order valence-corrected chi connectivity index (χ3v) is 5.87. The Morgan fingerprint density at radius 2 is 2.00 bits per heavy atom. The molecule has 1 aromatic heterocycles. The number of ether oxygens (including phenoxy) is 1. The number of hydrogen-bond donors (Lipinski definition) is 3. The molecule has 2 saturated heterocycles. The van der Waals surface area contributed by atoms with E-state index in [1.165, 1.54) is 10.9 Å². The molecule has 1 atom stereocenters. The summed E-state index contributed by atoms with van der Waals surface area (Å²) in [6, 6.07) is 17.2. The van der Waals surface area contributed by atoms with Crippen molar-refractivity contribution in [3.05, 3.63) is 65.9 Å². The van der Waals surface area contributed by atoms with Gasteiger partial charge in [-0.2, -0.15) is 0 Å². The minimum absolute atomic E-state index is 0.0441. The second-order valence-corrected chi connectivity index (χ2v) is 8.38. The van der Waals surface area contributed by atoms with Crippen molar-refractivity contribution in [2.75, 3.05) is 19.6 Å². The number of carbonyl (C=O) groups excluding carboxylic acids is 1. The highest BCUT2D eigenvalue weighted by molar-refractivity contribution is 5.84. The minimum Gasteiger partial charge on any atom is -0.439 e. The van der Waals surface area contributed by atoms with E-state index in [-0.39, 0.29) is 11.9 Å². The van der Waals surface area contributed by atoms with Crippen molar-refractivity contribution in [2.24, 2.45) is 0 Å². The molecule has 7 heteroatoms. The second kappa shape index (κ2) is 8.63. The molecule has 2 aromatic carbocycles. The Labute approximate surface area is 181 Å². The molecule has 5 rings (SSSR count). The van der Waals surface area contributed by atoms with Crippen LogP contribution in [0.2, 0.25) is 0 Å². The van der Waals surface area contributed by atoms with Gasteiger partial charge in [0.15, 0.2) is 0 Å². The Morgan fingerprint density at radius 3 is 2.74 bits per heavy atom. The van der Waals surface area contributed by atoms with Crippen LogP contribution in [0.15, 0.2) is 54.7 Å². The van der Waals surface area contributed by atoms with E-state index in [1.807, 2.05) is 24.4 Å².